The maximum absolute atomic E-state index is 12.0. The first-order valence-electron chi connectivity index (χ1n) is 6.69. The molecule has 0 aliphatic rings. The molecule has 23 heavy (non-hydrogen) atoms. The van der Waals surface area contributed by atoms with Crippen molar-refractivity contribution in [3.63, 3.8) is 0 Å². The Morgan fingerprint density at radius 2 is 2.00 bits per heavy atom. The van der Waals surface area contributed by atoms with Gasteiger partial charge in [-0.05, 0) is 41.1 Å². The summed E-state index contributed by atoms with van der Waals surface area (Å²) >= 11 is 4.88. The number of pyridine rings is 2. The van der Waals surface area contributed by atoms with E-state index in [0.717, 1.165) is 20.7 Å². The molecule has 116 valence electrons. The van der Waals surface area contributed by atoms with Gasteiger partial charge in [-0.3, -0.25) is 15.6 Å². The Balaban J connectivity index is 1.69. The van der Waals surface area contributed by atoms with E-state index in [0.29, 0.717) is 11.6 Å². The Bertz CT molecular complexity index is 851. The van der Waals surface area contributed by atoms with Crippen molar-refractivity contribution in [3.8, 4) is 10.6 Å². The molecular weight excluding hydrogens is 378 g/mol. The van der Waals surface area contributed by atoms with Crippen molar-refractivity contribution in [2.24, 2.45) is 0 Å². The summed E-state index contributed by atoms with van der Waals surface area (Å²) in [6.07, 6.45) is 3.41. The summed E-state index contributed by atoms with van der Waals surface area (Å²) in [5.74, 6) is 0.980. The molecule has 6 nitrogen and oxygen atoms in total. The van der Waals surface area contributed by atoms with E-state index >= 15 is 0 Å². The predicted octanol–water partition coefficient (Wildman–Crippen LogP) is 4.32. The highest BCUT2D eigenvalue weighted by Crippen LogP contribution is 2.31. The van der Waals surface area contributed by atoms with Crippen molar-refractivity contribution in [1.29, 1.82) is 0 Å². The lowest BCUT2D eigenvalue weighted by Crippen LogP contribution is -2.20. The van der Waals surface area contributed by atoms with Crippen LogP contribution in [-0.2, 0) is 0 Å². The number of nitrogens with zero attached hydrogens (tertiary/aromatic N) is 3. The van der Waals surface area contributed by atoms with E-state index in [2.05, 4.69) is 41.5 Å². The van der Waals surface area contributed by atoms with Crippen molar-refractivity contribution in [2.75, 3.05) is 10.6 Å². The molecular formula is C15H12BrN5OS. The molecule has 0 spiro atoms. The molecule has 3 heterocycles. The Hall–Kier alpha value is -2.32. The van der Waals surface area contributed by atoms with E-state index in [1.54, 1.807) is 23.8 Å². The van der Waals surface area contributed by atoms with Gasteiger partial charge in [-0.1, -0.05) is 6.07 Å². The number of thiazole rings is 1. The van der Waals surface area contributed by atoms with Crippen molar-refractivity contribution in [3.05, 3.63) is 52.2 Å². The van der Waals surface area contributed by atoms with Crippen LogP contribution in [0, 0.1) is 6.92 Å². The van der Waals surface area contributed by atoms with Gasteiger partial charge in [0.2, 0.25) is 0 Å². The quantitative estimate of drug-likeness (QED) is 0.698. The number of carbonyl (C=O) groups is 1. The minimum absolute atomic E-state index is 0.381. The van der Waals surface area contributed by atoms with Crippen LogP contribution in [0.1, 0.15) is 5.69 Å². The lowest BCUT2D eigenvalue weighted by atomic mass is 10.3. The second-order valence-corrected chi connectivity index (χ2v) is 6.35. The Morgan fingerprint density at radius 3 is 2.78 bits per heavy atom. The van der Waals surface area contributed by atoms with Gasteiger partial charge in [0, 0.05) is 33.5 Å². The first-order chi connectivity index (χ1) is 11.1. The zero-order chi connectivity index (χ0) is 16.2. The van der Waals surface area contributed by atoms with Crippen molar-refractivity contribution in [1.82, 2.24) is 15.0 Å². The molecule has 3 aromatic heterocycles. The Kier molecular flexibility index (Phi) is 4.63. The van der Waals surface area contributed by atoms with E-state index in [1.165, 1.54) is 11.3 Å². The van der Waals surface area contributed by atoms with E-state index in [9.17, 15) is 4.79 Å². The normalized spacial score (nSPS) is 10.3. The number of hydrogen-bond donors (Lipinski definition) is 2. The van der Waals surface area contributed by atoms with E-state index in [4.69, 9.17) is 0 Å². The van der Waals surface area contributed by atoms with Gasteiger partial charge in [0.25, 0.3) is 0 Å². The molecule has 0 aliphatic heterocycles. The van der Waals surface area contributed by atoms with Crippen LogP contribution in [0.25, 0.3) is 10.6 Å². The molecule has 0 saturated heterocycles. The molecule has 0 fully saturated rings. The number of nitrogens with one attached hydrogen (secondary N) is 2. The SMILES string of the molecule is Cc1cccc(NC(=O)Nc2csc(-c3ccncc3Br)n2)n1. The van der Waals surface area contributed by atoms with Crippen molar-refractivity contribution in [2.45, 2.75) is 6.92 Å². The summed E-state index contributed by atoms with van der Waals surface area (Å²) in [7, 11) is 0. The molecule has 2 N–H and O–H groups in total. The number of aryl methyl sites for hydroxylation is 1. The van der Waals surface area contributed by atoms with E-state index < -0.39 is 0 Å². The highest BCUT2D eigenvalue weighted by Gasteiger charge is 2.10. The highest BCUT2D eigenvalue weighted by molar-refractivity contribution is 9.10. The van der Waals surface area contributed by atoms with Crippen LogP contribution < -0.4 is 10.6 Å². The van der Waals surface area contributed by atoms with Crippen molar-refractivity contribution >= 4 is 44.9 Å². The second kappa shape index (κ2) is 6.84. The van der Waals surface area contributed by atoms with Crippen LogP contribution in [0.15, 0.2) is 46.5 Å². The smallest absolute Gasteiger partial charge is 0.292 e. The van der Waals surface area contributed by atoms with Crippen LogP contribution in [0.2, 0.25) is 0 Å². The molecule has 0 unspecified atom stereocenters. The molecule has 8 heteroatoms. The third-order valence-corrected chi connectivity index (χ3v) is 4.39. The van der Waals surface area contributed by atoms with Gasteiger partial charge >= 0.3 is 6.03 Å². The van der Waals surface area contributed by atoms with Crippen LogP contribution in [0.3, 0.4) is 0 Å². The average molecular weight is 390 g/mol. The van der Waals surface area contributed by atoms with Gasteiger partial charge < -0.3 is 0 Å². The number of urea groups is 1. The molecule has 0 saturated carbocycles. The van der Waals surface area contributed by atoms with Crippen molar-refractivity contribution < 1.29 is 4.79 Å². The number of rotatable bonds is 3. The molecule has 0 radical (unpaired) electrons. The maximum atomic E-state index is 12.0. The fourth-order valence-corrected chi connectivity index (χ4v) is 3.24. The zero-order valence-corrected chi connectivity index (χ0v) is 14.5. The first-order valence-corrected chi connectivity index (χ1v) is 8.36. The largest absolute Gasteiger partial charge is 0.326 e. The number of amides is 2. The predicted molar refractivity (Wildman–Crippen MR) is 94.7 cm³/mol. The zero-order valence-electron chi connectivity index (χ0n) is 12.1. The van der Waals surface area contributed by atoms with Crippen LogP contribution >= 0.6 is 27.3 Å². The van der Waals surface area contributed by atoms with E-state index in [-0.39, 0.29) is 6.03 Å². The molecule has 0 atom stereocenters. The second-order valence-electron chi connectivity index (χ2n) is 4.64. The van der Waals surface area contributed by atoms with Crippen LogP contribution in [0.5, 0.6) is 0 Å². The molecule has 3 rings (SSSR count). The molecule has 0 aromatic carbocycles. The monoisotopic (exact) mass is 389 g/mol. The fourth-order valence-electron chi connectivity index (χ4n) is 1.88. The van der Waals surface area contributed by atoms with Gasteiger partial charge in [-0.2, -0.15) is 0 Å². The fraction of sp³-hybridized carbons (Fsp3) is 0.0667. The Morgan fingerprint density at radius 1 is 1.17 bits per heavy atom. The highest BCUT2D eigenvalue weighted by atomic mass is 79.9. The summed E-state index contributed by atoms with van der Waals surface area (Å²) in [4.78, 5) is 24.6. The summed E-state index contributed by atoms with van der Waals surface area (Å²) in [6.45, 7) is 1.86. The van der Waals surface area contributed by atoms with Gasteiger partial charge in [0.1, 0.15) is 16.6 Å². The lowest BCUT2D eigenvalue weighted by Gasteiger charge is -2.05. The van der Waals surface area contributed by atoms with E-state index in [1.807, 2.05) is 25.1 Å². The van der Waals surface area contributed by atoms with Crippen LogP contribution in [0.4, 0.5) is 16.4 Å². The van der Waals surface area contributed by atoms with Gasteiger partial charge in [0.15, 0.2) is 0 Å². The maximum Gasteiger partial charge on any atom is 0.326 e. The molecule has 2 amide bonds. The van der Waals surface area contributed by atoms with Gasteiger partial charge in [0.05, 0.1) is 0 Å². The summed E-state index contributed by atoms with van der Waals surface area (Å²) in [5, 5.41) is 7.95. The third kappa shape index (κ3) is 3.91. The summed E-state index contributed by atoms with van der Waals surface area (Å²) in [5.41, 5.74) is 1.76. The number of hydrogen-bond acceptors (Lipinski definition) is 5. The number of aromatic nitrogens is 3. The first kappa shape index (κ1) is 15.6. The van der Waals surface area contributed by atoms with Gasteiger partial charge in [-0.15, -0.1) is 11.3 Å². The molecule has 0 bridgehead atoms. The summed E-state index contributed by atoms with van der Waals surface area (Å²) < 4.78 is 0.856. The number of carbonyl (C=O) groups excluding carboxylic acids is 1. The number of anilines is 2. The third-order valence-electron chi connectivity index (χ3n) is 2.88. The standard InChI is InChI=1S/C15H12BrN5OS/c1-9-3-2-4-12(18-9)20-15(22)21-13-8-23-14(19-13)10-5-6-17-7-11(10)16/h2-8H,1H3,(H2,18,20,21,22). The average Bonchev–Trinajstić information content (AvgIpc) is 2.95. The van der Waals surface area contributed by atoms with Crippen LogP contribution in [-0.4, -0.2) is 21.0 Å². The number of halogens is 1. The minimum Gasteiger partial charge on any atom is -0.292 e. The summed E-state index contributed by atoms with van der Waals surface area (Å²) in [6, 6.07) is 6.91. The van der Waals surface area contributed by atoms with Gasteiger partial charge in [-0.25, -0.2) is 14.8 Å². The minimum atomic E-state index is -0.381. The topological polar surface area (TPSA) is 79.8 Å². The Labute approximate surface area is 145 Å². The molecule has 0 aliphatic carbocycles. The molecule has 3 aromatic rings. The lowest BCUT2D eigenvalue weighted by molar-refractivity contribution is 0.262.